The molecule has 11 heteroatoms. The van der Waals surface area contributed by atoms with Crippen LogP contribution in [0.15, 0.2) is 21.9 Å². The van der Waals surface area contributed by atoms with Gasteiger partial charge in [-0.3, -0.25) is 18.9 Å². The van der Waals surface area contributed by atoms with Crippen LogP contribution in [0.5, 0.6) is 0 Å². The molecule has 1 aromatic rings. The van der Waals surface area contributed by atoms with Crippen LogP contribution >= 0.6 is 7.60 Å². The highest BCUT2D eigenvalue weighted by Crippen LogP contribution is 2.49. The van der Waals surface area contributed by atoms with Gasteiger partial charge < -0.3 is 24.0 Å². The Hall–Kier alpha value is -1.29. The maximum absolute atomic E-state index is 12.4. The number of aliphatic hydroxyl groups excluding tert-OH is 2. The van der Waals surface area contributed by atoms with Crippen molar-refractivity contribution in [2.24, 2.45) is 0 Å². The van der Waals surface area contributed by atoms with Crippen LogP contribution in [0, 0.1) is 0 Å². The highest BCUT2D eigenvalue weighted by molar-refractivity contribution is 7.53. The Morgan fingerprint density at radius 3 is 2.46 bits per heavy atom. The van der Waals surface area contributed by atoms with Crippen molar-refractivity contribution in [1.29, 1.82) is 0 Å². The van der Waals surface area contributed by atoms with Crippen molar-refractivity contribution in [3.8, 4) is 0 Å². The van der Waals surface area contributed by atoms with Crippen LogP contribution in [0.2, 0.25) is 0 Å². The molecule has 26 heavy (non-hydrogen) atoms. The van der Waals surface area contributed by atoms with Gasteiger partial charge in [0.2, 0.25) is 0 Å². The van der Waals surface area contributed by atoms with Gasteiger partial charge in [0.15, 0.2) is 6.23 Å². The quantitative estimate of drug-likeness (QED) is 0.507. The molecule has 10 nitrogen and oxygen atoms in total. The second kappa shape index (κ2) is 9.07. The minimum absolute atomic E-state index is 0.153. The summed E-state index contributed by atoms with van der Waals surface area (Å²) in [5.74, 6) is 0. The molecule has 2 heterocycles. The zero-order chi connectivity index (χ0) is 19.3. The Labute approximate surface area is 150 Å². The summed E-state index contributed by atoms with van der Waals surface area (Å²) in [6.07, 6.45) is -2.43. The van der Waals surface area contributed by atoms with Crippen molar-refractivity contribution in [3.63, 3.8) is 0 Å². The van der Waals surface area contributed by atoms with E-state index in [1.807, 2.05) is 0 Å². The van der Waals surface area contributed by atoms with Crippen LogP contribution in [-0.4, -0.2) is 57.5 Å². The SMILES string of the molecule is CCOP(=O)(CCC[C@H]1O[C@@H](n2ccc(=O)[nH]c2=O)C(O)C1O)OCC. The predicted molar refractivity (Wildman–Crippen MR) is 92.2 cm³/mol. The number of nitrogens with one attached hydrogen (secondary N) is 1. The van der Waals surface area contributed by atoms with Crippen LogP contribution in [0.3, 0.4) is 0 Å². The Morgan fingerprint density at radius 1 is 1.23 bits per heavy atom. The van der Waals surface area contributed by atoms with Crippen molar-refractivity contribution < 1.29 is 28.6 Å². The number of ether oxygens (including phenoxy) is 1. The molecule has 2 rings (SSSR count). The second-order valence-electron chi connectivity index (χ2n) is 5.88. The number of aliphatic hydroxyl groups is 2. The number of rotatable bonds is 9. The van der Waals surface area contributed by atoms with Gasteiger partial charge in [-0.1, -0.05) is 0 Å². The van der Waals surface area contributed by atoms with Gasteiger partial charge in [-0.15, -0.1) is 0 Å². The van der Waals surface area contributed by atoms with Crippen LogP contribution in [0.1, 0.15) is 32.9 Å². The third-order valence-corrected chi connectivity index (χ3v) is 6.20. The van der Waals surface area contributed by atoms with E-state index in [0.717, 1.165) is 10.6 Å². The summed E-state index contributed by atoms with van der Waals surface area (Å²) in [4.78, 5) is 25.0. The topological polar surface area (TPSA) is 140 Å². The molecule has 0 saturated carbocycles. The summed E-state index contributed by atoms with van der Waals surface area (Å²) >= 11 is 0. The molecule has 0 bridgehead atoms. The lowest BCUT2D eigenvalue weighted by Crippen LogP contribution is -2.37. The van der Waals surface area contributed by atoms with Crippen molar-refractivity contribution in [3.05, 3.63) is 33.1 Å². The highest BCUT2D eigenvalue weighted by atomic mass is 31.2. The Bertz CT molecular complexity index is 738. The zero-order valence-corrected chi connectivity index (χ0v) is 15.6. The Kier molecular flexibility index (Phi) is 7.33. The predicted octanol–water partition coefficient (Wildman–Crippen LogP) is 0.202. The zero-order valence-electron chi connectivity index (χ0n) is 14.7. The molecule has 0 spiro atoms. The first-order valence-electron chi connectivity index (χ1n) is 8.52. The largest absolute Gasteiger partial charge is 0.388 e. The fourth-order valence-electron chi connectivity index (χ4n) is 2.87. The smallest absolute Gasteiger partial charge is 0.330 e. The average Bonchev–Trinajstić information content (AvgIpc) is 2.84. The first kappa shape index (κ1) is 21.0. The lowest BCUT2D eigenvalue weighted by molar-refractivity contribution is -0.0419. The van der Waals surface area contributed by atoms with E-state index < -0.39 is 43.4 Å². The van der Waals surface area contributed by atoms with Gasteiger partial charge in [0.25, 0.3) is 5.56 Å². The summed E-state index contributed by atoms with van der Waals surface area (Å²) in [5, 5.41) is 20.3. The molecule has 2 unspecified atom stereocenters. The molecule has 1 saturated heterocycles. The van der Waals surface area contributed by atoms with Crippen molar-refractivity contribution in [1.82, 2.24) is 9.55 Å². The fourth-order valence-corrected chi connectivity index (χ4v) is 4.56. The third-order valence-electron chi connectivity index (χ3n) is 4.03. The van der Waals surface area contributed by atoms with Crippen molar-refractivity contribution in [2.75, 3.05) is 19.4 Å². The van der Waals surface area contributed by atoms with E-state index in [-0.39, 0.29) is 25.8 Å². The number of aromatic nitrogens is 2. The van der Waals surface area contributed by atoms with Crippen LogP contribution in [0.25, 0.3) is 0 Å². The van der Waals surface area contributed by atoms with E-state index in [1.165, 1.54) is 6.20 Å². The highest BCUT2D eigenvalue weighted by Gasteiger charge is 2.43. The van der Waals surface area contributed by atoms with Gasteiger partial charge in [-0.25, -0.2) is 4.79 Å². The third kappa shape index (κ3) is 4.91. The van der Waals surface area contributed by atoms with E-state index in [0.29, 0.717) is 6.42 Å². The van der Waals surface area contributed by atoms with Gasteiger partial charge in [-0.2, -0.15) is 0 Å². The normalized spacial score (nSPS) is 26.3. The van der Waals surface area contributed by atoms with Crippen LogP contribution < -0.4 is 11.2 Å². The molecular weight excluding hydrogens is 367 g/mol. The Balaban J connectivity index is 2.00. The van der Waals surface area contributed by atoms with Gasteiger partial charge in [0.1, 0.15) is 12.2 Å². The van der Waals surface area contributed by atoms with Gasteiger partial charge in [0.05, 0.1) is 25.5 Å². The van der Waals surface area contributed by atoms with Gasteiger partial charge in [-0.05, 0) is 26.7 Å². The minimum atomic E-state index is -3.19. The van der Waals surface area contributed by atoms with Gasteiger partial charge in [0, 0.05) is 12.3 Å². The van der Waals surface area contributed by atoms with Gasteiger partial charge >= 0.3 is 13.3 Å². The number of hydrogen-bond donors (Lipinski definition) is 3. The monoisotopic (exact) mass is 392 g/mol. The molecule has 0 amide bonds. The summed E-state index contributed by atoms with van der Waals surface area (Å²) in [5.41, 5.74) is -1.31. The van der Waals surface area contributed by atoms with E-state index in [2.05, 4.69) is 4.98 Å². The van der Waals surface area contributed by atoms with E-state index >= 15 is 0 Å². The molecule has 1 aliphatic rings. The van der Waals surface area contributed by atoms with Crippen LogP contribution in [-0.2, 0) is 18.3 Å². The van der Waals surface area contributed by atoms with E-state index in [9.17, 15) is 24.4 Å². The molecule has 1 aliphatic heterocycles. The maximum atomic E-state index is 12.4. The van der Waals surface area contributed by atoms with Crippen molar-refractivity contribution in [2.45, 2.75) is 51.2 Å². The number of hydrogen-bond acceptors (Lipinski definition) is 8. The minimum Gasteiger partial charge on any atom is -0.388 e. The molecule has 1 fully saturated rings. The number of H-pyrrole nitrogens is 1. The molecule has 0 aromatic carbocycles. The molecule has 0 radical (unpaired) electrons. The first-order valence-corrected chi connectivity index (χ1v) is 10.2. The molecule has 148 valence electrons. The molecule has 3 N–H and O–H groups in total. The first-order chi connectivity index (χ1) is 12.3. The van der Waals surface area contributed by atoms with E-state index in [1.54, 1.807) is 13.8 Å². The van der Waals surface area contributed by atoms with Crippen LogP contribution in [0.4, 0.5) is 0 Å². The Morgan fingerprint density at radius 2 is 1.88 bits per heavy atom. The number of nitrogens with zero attached hydrogens (tertiary/aromatic N) is 1. The second-order valence-corrected chi connectivity index (χ2v) is 8.06. The fraction of sp³-hybridized carbons (Fsp3) is 0.733. The average molecular weight is 392 g/mol. The lowest BCUT2D eigenvalue weighted by atomic mass is 10.1. The summed E-state index contributed by atoms with van der Waals surface area (Å²) in [6, 6.07) is 1.12. The summed E-state index contributed by atoms with van der Waals surface area (Å²) in [7, 11) is -3.19. The summed E-state index contributed by atoms with van der Waals surface area (Å²) in [6.45, 7) is 3.96. The molecular formula is C15H25N2O8P. The molecule has 4 atom stereocenters. The molecule has 1 aromatic heterocycles. The summed E-state index contributed by atoms with van der Waals surface area (Å²) < 4.78 is 29.4. The van der Waals surface area contributed by atoms with E-state index in [4.69, 9.17) is 13.8 Å². The molecule has 0 aliphatic carbocycles. The number of aromatic amines is 1. The van der Waals surface area contributed by atoms with Crippen molar-refractivity contribution >= 4 is 7.60 Å². The standard InChI is InChI=1S/C15H25N2O8P/c1-3-23-26(22,24-4-2)9-5-6-10-12(19)13(20)14(25-10)17-8-7-11(18)16-15(17)21/h7-8,10,12-14,19-20H,3-6,9H2,1-2H3,(H,16,18,21)/t10-,12?,13?,14-/m1/s1. The lowest BCUT2D eigenvalue weighted by Gasteiger charge is -2.19. The maximum Gasteiger partial charge on any atom is 0.330 e.